The molecule has 19 heavy (non-hydrogen) atoms. The van der Waals surface area contributed by atoms with Crippen LogP contribution in [0, 0.1) is 12.7 Å². The van der Waals surface area contributed by atoms with Crippen molar-refractivity contribution >= 4 is 0 Å². The van der Waals surface area contributed by atoms with Crippen LogP contribution in [0.25, 0.3) is 11.3 Å². The minimum absolute atomic E-state index is 0.191. The summed E-state index contributed by atoms with van der Waals surface area (Å²) in [5.41, 5.74) is 8.34. The predicted molar refractivity (Wildman–Crippen MR) is 70.3 cm³/mol. The van der Waals surface area contributed by atoms with E-state index in [1.807, 2.05) is 6.92 Å². The topological polar surface area (TPSA) is 63.9 Å². The highest BCUT2D eigenvalue weighted by Gasteiger charge is 2.42. The van der Waals surface area contributed by atoms with Gasteiger partial charge < -0.3 is 15.5 Å². The number of rotatable bonds is 3. The molecule has 4 nitrogen and oxygen atoms in total. The van der Waals surface area contributed by atoms with Crippen LogP contribution in [-0.2, 0) is 10.2 Å². The van der Waals surface area contributed by atoms with Crippen LogP contribution in [0.1, 0.15) is 11.5 Å². The Morgan fingerprint density at radius 2 is 2.05 bits per heavy atom. The van der Waals surface area contributed by atoms with Crippen LogP contribution in [0.5, 0.6) is 0 Å². The number of halogens is 1. The lowest BCUT2D eigenvalue weighted by atomic mass is 9.85. The second kappa shape index (κ2) is 4.43. The molecule has 1 aromatic heterocycles. The molecular weight excluding hydrogens is 245 g/mol. The molecule has 0 atom stereocenters. The summed E-state index contributed by atoms with van der Waals surface area (Å²) in [6, 6.07) is 6.34. The Hall–Kier alpha value is -1.72. The number of nitrogens with zero attached hydrogens (tertiary/aromatic N) is 1. The number of H-pyrrole nitrogens is 1. The lowest BCUT2D eigenvalue weighted by Gasteiger charge is -2.38. The van der Waals surface area contributed by atoms with Gasteiger partial charge in [0.05, 0.1) is 24.3 Å². The molecule has 1 fully saturated rings. The third-order valence-electron chi connectivity index (χ3n) is 3.65. The normalized spacial score (nSPS) is 17.2. The van der Waals surface area contributed by atoms with Crippen LogP contribution in [-0.4, -0.2) is 29.7 Å². The van der Waals surface area contributed by atoms with E-state index in [4.69, 9.17) is 10.5 Å². The van der Waals surface area contributed by atoms with Crippen LogP contribution in [0.2, 0.25) is 0 Å². The van der Waals surface area contributed by atoms with Gasteiger partial charge in [-0.15, -0.1) is 0 Å². The number of aryl methyl sites for hydroxylation is 1. The van der Waals surface area contributed by atoms with Crippen LogP contribution in [0.15, 0.2) is 24.3 Å². The van der Waals surface area contributed by atoms with Gasteiger partial charge in [0.15, 0.2) is 0 Å². The second-order valence-electron chi connectivity index (χ2n) is 5.04. The van der Waals surface area contributed by atoms with Crippen LogP contribution in [0.4, 0.5) is 4.39 Å². The number of ether oxygens (including phenoxy) is 1. The third kappa shape index (κ3) is 1.95. The van der Waals surface area contributed by atoms with Crippen molar-refractivity contribution in [3.63, 3.8) is 0 Å². The highest BCUT2D eigenvalue weighted by molar-refractivity contribution is 5.62. The van der Waals surface area contributed by atoms with Crippen molar-refractivity contribution in [2.75, 3.05) is 19.8 Å². The fourth-order valence-corrected chi connectivity index (χ4v) is 2.30. The fourth-order valence-electron chi connectivity index (χ4n) is 2.30. The molecule has 1 aliphatic heterocycles. The monoisotopic (exact) mass is 261 g/mol. The zero-order chi connectivity index (χ0) is 13.5. The van der Waals surface area contributed by atoms with Gasteiger partial charge in [-0.25, -0.2) is 9.37 Å². The average Bonchev–Trinajstić information content (AvgIpc) is 2.72. The predicted octanol–water partition coefficient (Wildman–Crippen LogP) is 1.75. The van der Waals surface area contributed by atoms with E-state index in [1.54, 1.807) is 12.1 Å². The Bertz CT molecular complexity index is 582. The van der Waals surface area contributed by atoms with Crippen LogP contribution < -0.4 is 5.73 Å². The lowest BCUT2D eigenvalue weighted by Crippen LogP contribution is -2.53. The summed E-state index contributed by atoms with van der Waals surface area (Å²) < 4.78 is 18.2. The first-order chi connectivity index (χ1) is 9.14. The Labute approximate surface area is 110 Å². The highest BCUT2D eigenvalue weighted by Crippen LogP contribution is 2.32. The zero-order valence-electron chi connectivity index (χ0n) is 10.7. The average molecular weight is 261 g/mol. The summed E-state index contributed by atoms with van der Waals surface area (Å²) in [5.74, 6) is 0.612. The summed E-state index contributed by atoms with van der Waals surface area (Å²) in [7, 11) is 0. The fraction of sp³-hybridized carbons (Fsp3) is 0.357. The molecule has 100 valence electrons. The molecular formula is C14H16FN3O. The van der Waals surface area contributed by atoms with Gasteiger partial charge in [0.2, 0.25) is 0 Å². The van der Waals surface area contributed by atoms with E-state index < -0.39 is 0 Å². The maximum Gasteiger partial charge on any atom is 0.123 e. The van der Waals surface area contributed by atoms with Gasteiger partial charge in [0.1, 0.15) is 11.6 Å². The molecule has 0 radical (unpaired) electrons. The molecule has 5 heteroatoms. The maximum atomic E-state index is 13.0. The largest absolute Gasteiger partial charge is 0.379 e. The van der Waals surface area contributed by atoms with Gasteiger partial charge in [-0.3, -0.25) is 0 Å². The van der Waals surface area contributed by atoms with Crippen molar-refractivity contribution in [1.82, 2.24) is 9.97 Å². The zero-order valence-corrected chi connectivity index (χ0v) is 10.7. The first kappa shape index (κ1) is 12.3. The molecule has 1 aromatic carbocycles. The Balaban J connectivity index is 2.00. The van der Waals surface area contributed by atoms with E-state index >= 15 is 0 Å². The molecule has 0 spiro atoms. The Morgan fingerprint density at radius 3 is 2.58 bits per heavy atom. The van der Waals surface area contributed by atoms with Crippen molar-refractivity contribution in [2.24, 2.45) is 5.73 Å². The minimum Gasteiger partial charge on any atom is -0.379 e. The standard InChI is InChI=1S/C14H16FN3O/c1-9-12(10-2-4-11(15)5-3-10)18-13(17-9)14(6-16)7-19-8-14/h2-5H,6-8,16H2,1H3,(H,17,18). The molecule has 3 rings (SSSR count). The van der Waals surface area contributed by atoms with E-state index in [2.05, 4.69) is 9.97 Å². The molecule has 0 saturated carbocycles. The van der Waals surface area contributed by atoms with Crippen LogP contribution in [0.3, 0.4) is 0 Å². The smallest absolute Gasteiger partial charge is 0.123 e. The number of benzene rings is 1. The highest BCUT2D eigenvalue weighted by atomic mass is 19.1. The molecule has 1 aliphatic rings. The first-order valence-electron chi connectivity index (χ1n) is 6.25. The number of aromatic nitrogens is 2. The van der Waals surface area contributed by atoms with Crippen molar-refractivity contribution in [1.29, 1.82) is 0 Å². The summed E-state index contributed by atoms with van der Waals surface area (Å²) in [4.78, 5) is 7.92. The van der Waals surface area contributed by atoms with E-state index in [0.717, 1.165) is 22.8 Å². The Kier molecular flexibility index (Phi) is 2.88. The molecule has 2 heterocycles. The molecule has 0 amide bonds. The van der Waals surface area contributed by atoms with Gasteiger partial charge in [0, 0.05) is 17.8 Å². The van der Waals surface area contributed by atoms with Crippen molar-refractivity contribution in [3.05, 3.63) is 41.6 Å². The van der Waals surface area contributed by atoms with E-state index in [0.29, 0.717) is 19.8 Å². The van der Waals surface area contributed by atoms with E-state index in [-0.39, 0.29) is 11.2 Å². The Morgan fingerprint density at radius 1 is 1.37 bits per heavy atom. The summed E-state index contributed by atoms with van der Waals surface area (Å²) in [6.07, 6.45) is 0. The summed E-state index contributed by atoms with van der Waals surface area (Å²) >= 11 is 0. The molecule has 3 N–H and O–H groups in total. The number of nitrogens with one attached hydrogen (secondary N) is 1. The quantitative estimate of drug-likeness (QED) is 0.884. The van der Waals surface area contributed by atoms with Crippen molar-refractivity contribution < 1.29 is 9.13 Å². The first-order valence-corrected chi connectivity index (χ1v) is 6.25. The number of nitrogens with two attached hydrogens (primary N) is 1. The van der Waals surface area contributed by atoms with Gasteiger partial charge >= 0.3 is 0 Å². The number of hydrogen-bond donors (Lipinski definition) is 2. The molecule has 2 aromatic rings. The summed E-state index contributed by atoms with van der Waals surface area (Å²) in [6.45, 7) is 3.65. The van der Waals surface area contributed by atoms with Crippen molar-refractivity contribution in [3.8, 4) is 11.3 Å². The molecule has 0 aliphatic carbocycles. The second-order valence-corrected chi connectivity index (χ2v) is 5.04. The van der Waals surface area contributed by atoms with Gasteiger partial charge in [-0.05, 0) is 31.2 Å². The van der Waals surface area contributed by atoms with E-state index in [9.17, 15) is 4.39 Å². The van der Waals surface area contributed by atoms with Gasteiger partial charge in [0.25, 0.3) is 0 Å². The van der Waals surface area contributed by atoms with E-state index in [1.165, 1.54) is 12.1 Å². The SMILES string of the molecule is Cc1[nH]c(C2(CN)COC2)nc1-c1ccc(F)cc1. The number of hydrogen-bond acceptors (Lipinski definition) is 3. The van der Waals surface area contributed by atoms with Crippen LogP contribution >= 0.6 is 0 Å². The van der Waals surface area contributed by atoms with Gasteiger partial charge in [-0.1, -0.05) is 0 Å². The molecule has 0 bridgehead atoms. The number of aromatic amines is 1. The van der Waals surface area contributed by atoms with Crippen molar-refractivity contribution in [2.45, 2.75) is 12.3 Å². The summed E-state index contributed by atoms with van der Waals surface area (Å²) in [5, 5.41) is 0. The number of imidazole rings is 1. The maximum absolute atomic E-state index is 13.0. The molecule has 0 unspecified atom stereocenters. The third-order valence-corrected chi connectivity index (χ3v) is 3.65. The van der Waals surface area contributed by atoms with Gasteiger partial charge in [-0.2, -0.15) is 0 Å². The molecule has 1 saturated heterocycles. The minimum atomic E-state index is -0.247. The lowest BCUT2D eigenvalue weighted by molar-refractivity contribution is -0.0590.